The summed E-state index contributed by atoms with van der Waals surface area (Å²) in [7, 11) is 1.77. The first kappa shape index (κ1) is 13.1. The van der Waals surface area contributed by atoms with E-state index in [4.69, 9.17) is 9.47 Å². The molecule has 0 saturated heterocycles. The van der Waals surface area contributed by atoms with Crippen LogP contribution in [0.25, 0.3) is 0 Å². The standard InChI is InChI=1S/C14H17N3O2/c1-4-18-11-6-5-7-12(8-11)19-13-10(2)9-16-14(15-3)17-13/h5-9H,4H2,1-3H3,(H,15,16,17). The van der Waals surface area contributed by atoms with Gasteiger partial charge in [0, 0.05) is 24.9 Å². The molecule has 5 nitrogen and oxygen atoms in total. The number of rotatable bonds is 5. The zero-order valence-corrected chi connectivity index (χ0v) is 11.3. The highest BCUT2D eigenvalue weighted by Gasteiger charge is 2.06. The van der Waals surface area contributed by atoms with Gasteiger partial charge in [-0.2, -0.15) is 4.98 Å². The predicted molar refractivity (Wildman–Crippen MR) is 74.0 cm³/mol. The molecule has 0 amide bonds. The van der Waals surface area contributed by atoms with Crippen LogP contribution in [0.15, 0.2) is 30.5 Å². The summed E-state index contributed by atoms with van der Waals surface area (Å²) in [5.74, 6) is 2.53. The van der Waals surface area contributed by atoms with Gasteiger partial charge in [0.1, 0.15) is 11.5 Å². The fraction of sp³-hybridized carbons (Fsp3) is 0.286. The van der Waals surface area contributed by atoms with Crippen LogP contribution in [-0.2, 0) is 0 Å². The maximum atomic E-state index is 5.77. The van der Waals surface area contributed by atoms with Crippen molar-refractivity contribution in [2.45, 2.75) is 13.8 Å². The molecule has 1 N–H and O–H groups in total. The highest BCUT2D eigenvalue weighted by atomic mass is 16.5. The van der Waals surface area contributed by atoms with Gasteiger partial charge in [0.2, 0.25) is 11.8 Å². The van der Waals surface area contributed by atoms with Gasteiger partial charge >= 0.3 is 0 Å². The van der Waals surface area contributed by atoms with Crippen molar-refractivity contribution in [2.24, 2.45) is 0 Å². The molecule has 0 bridgehead atoms. The summed E-state index contributed by atoms with van der Waals surface area (Å²) in [6.45, 7) is 4.47. The molecule has 5 heteroatoms. The molecule has 0 radical (unpaired) electrons. The van der Waals surface area contributed by atoms with E-state index < -0.39 is 0 Å². The minimum absolute atomic E-state index is 0.529. The molecule has 0 aliphatic carbocycles. The largest absolute Gasteiger partial charge is 0.494 e. The molecule has 0 unspecified atom stereocenters. The topological polar surface area (TPSA) is 56.3 Å². The molecule has 1 heterocycles. The Balaban J connectivity index is 2.22. The lowest BCUT2D eigenvalue weighted by Gasteiger charge is -2.10. The summed E-state index contributed by atoms with van der Waals surface area (Å²) >= 11 is 0. The van der Waals surface area contributed by atoms with E-state index in [0.29, 0.717) is 24.2 Å². The van der Waals surface area contributed by atoms with Gasteiger partial charge in [0.25, 0.3) is 0 Å². The minimum Gasteiger partial charge on any atom is -0.494 e. The van der Waals surface area contributed by atoms with Crippen molar-refractivity contribution >= 4 is 5.95 Å². The van der Waals surface area contributed by atoms with Crippen molar-refractivity contribution in [2.75, 3.05) is 19.0 Å². The Bertz CT molecular complexity index is 558. The van der Waals surface area contributed by atoms with Gasteiger partial charge in [-0.1, -0.05) is 6.07 Å². The van der Waals surface area contributed by atoms with Crippen LogP contribution < -0.4 is 14.8 Å². The van der Waals surface area contributed by atoms with E-state index in [1.807, 2.05) is 38.1 Å². The zero-order valence-electron chi connectivity index (χ0n) is 11.3. The van der Waals surface area contributed by atoms with Crippen LogP contribution in [-0.4, -0.2) is 23.6 Å². The lowest BCUT2D eigenvalue weighted by atomic mass is 10.3. The average molecular weight is 259 g/mol. The van der Waals surface area contributed by atoms with Crippen LogP contribution in [0.5, 0.6) is 17.4 Å². The summed E-state index contributed by atoms with van der Waals surface area (Å²) in [6.07, 6.45) is 1.72. The molecule has 19 heavy (non-hydrogen) atoms. The molecular weight excluding hydrogens is 242 g/mol. The van der Waals surface area contributed by atoms with E-state index in [1.54, 1.807) is 13.2 Å². The number of aromatic nitrogens is 2. The van der Waals surface area contributed by atoms with Gasteiger partial charge in [-0.25, -0.2) is 4.98 Å². The minimum atomic E-state index is 0.529. The van der Waals surface area contributed by atoms with Crippen LogP contribution in [0.3, 0.4) is 0 Å². The van der Waals surface area contributed by atoms with Gasteiger partial charge in [-0.05, 0) is 26.0 Å². The molecule has 1 aromatic carbocycles. The third-order valence-electron chi connectivity index (χ3n) is 2.48. The summed E-state index contributed by atoms with van der Waals surface area (Å²) in [6, 6.07) is 7.48. The quantitative estimate of drug-likeness (QED) is 0.894. The number of nitrogens with one attached hydrogen (secondary N) is 1. The maximum absolute atomic E-state index is 5.77. The van der Waals surface area contributed by atoms with E-state index in [2.05, 4.69) is 15.3 Å². The second kappa shape index (κ2) is 6.04. The maximum Gasteiger partial charge on any atom is 0.226 e. The van der Waals surface area contributed by atoms with E-state index >= 15 is 0 Å². The summed E-state index contributed by atoms with van der Waals surface area (Å²) in [4.78, 5) is 8.40. The molecular formula is C14H17N3O2. The monoisotopic (exact) mass is 259 g/mol. The van der Waals surface area contributed by atoms with E-state index in [-0.39, 0.29) is 0 Å². The van der Waals surface area contributed by atoms with Crippen molar-refractivity contribution in [3.8, 4) is 17.4 Å². The number of aryl methyl sites for hydroxylation is 1. The summed E-state index contributed by atoms with van der Waals surface area (Å²) in [5.41, 5.74) is 0.876. The molecule has 0 fully saturated rings. The first-order chi connectivity index (χ1) is 9.22. The lowest BCUT2D eigenvalue weighted by Crippen LogP contribution is -2.00. The molecule has 2 aromatic rings. The molecule has 0 atom stereocenters. The summed E-state index contributed by atoms with van der Waals surface area (Å²) < 4.78 is 11.2. The SMILES string of the molecule is CCOc1cccc(Oc2nc(NC)ncc2C)c1. The zero-order chi connectivity index (χ0) is 13.7. The summed E-state index contributed by atoms with van der Waals surface area (Å²) in [5, 5.41) is 2.89. The van der Waals surface area contributed by atoms with Crippen LogP contribution in [0.1, 0.15) is 12.5 Å². The Morgan fingerprint density at radius 2 is 2.05 bits per heavy atom. The molecule has 2 rings (SSSR count). The number of hydrogen-bond acceptors (Lipinski definition) is 5. The van der Waals surface area contributed by atoms with Gasteiger partial charge in [-0.15, -0.1) is 0 Å². The number of benzene rings is 1. The first-order valence-electron chi connectivity index (χ1n) is 6.15. The smallest absolute Gasteiger partial charge is 0.226 e. The number of ether oxygens (including phenoxy) is 2. The Kier molecular flexibility index (Phi) is 4.18. The van der Waals surface area contributed by atoms with E-state index in [9.17, 15) is 0 Å². The lowest BCUT2D eigenvalue weighted by molar-refractivity contribution is 0.338. The van der Waals surface area contributed by atoms with Crippen molar-refractivity contribution < 1.29 is 9.47 Å². The highest BCUT2D eigenvalue weighted by Crippen LogP contribution is 2.26. The van der Waals surface area contributed by atoms with Crippen LogP contribution in [0, 0.1) is 6.92 Å². The third kappa shape index (κ3) is 3.34. The Labute approximate surface area is 112 Å². The van der Waals surface area contributed by atoms with Gasteiger partial charge < -0.3 is 14.8 Å². The molecule has 0 spiro atoms. The molecule has 0 saturated carbocycles. The highest BCUT2D eigenvalue weighted by molar-refractivity contribution is 5.38. The Morgan fingerprint density at radius 1 is 1.26 bits per heavy atom. The fourth-order valence-electron chi connectivity index (χ4n) is 1.56. The molecule has 1 aromatic heterocycles. The Hall–Kier alpha value is -2.30. The Morgan fingerprint density at radius 3 is 2.79 bits per heavy atom. The van der Waals surface area contributed by atoms with Crippen molar-refractivity contribution in [1.29, 1.82) is 0 Å². The van der Waals surface area contributed by atoms with Gasteiger partial charge in [0.05, 0.1) is 6.61 Å². The van der Waals surface area contributed by atoms with Crippen LogP contribution in [0.2, 0.25) is 0 Å². The van der Waals surface area contributed by atoms with Crippen LogP contribution in [0.4, 0.5) is 5.95 Å². The number of hydrogen-bond donors (Lipinski definition) is 1. The normalized spacial score (nSPS) is 10.1. The predicted octanol–water partition coefficient (Wildman–Crippen LogP) is 3.02. The van der Waals surface area contributed by atoms with Gasteiger partial charge in [-0.3, -0.25) is 0 Å². The number of anilines is 1. The third-order valence-corrected chi connectivity index (χ3v) is 2.48. The van der Waals surface area contributed by atoms with Crippen molar-refractivity contribution in [1.82, 2.24) is 9.97 Å². The van der Waals surface area contributed by atoms with Gasteiger partial charge in [0.15, 0.2) is 0 Å². The fourth-order valence-corrected chi connectivity index (χ4v) is 1.56. The second-order valence-electron chi connectivity index (χ2n) is 3.94. The van der Waals surface area contributed by atoms with Crippen molar-refractivity contribution in [3.63, 3.8) is 0 Å². The van der Waals surface area contributed by atoms with Crippen LogP contribution >= 0.6 is 0 Å². The second-order valence-corrected chi connectivity index (χ2v) is 3.94. The molecule has 100 valence electrons. The molecule has 0 aliphatic rings. The van der Waals surface area contributed by atoms with E-state index in [0.717, 1.165) is 11.3 Å². The van der Waals surface area contributed by atoms with Crippen molar-refractivity contribution in [3.05, 3.63) is 36.0 Å². The number of nitrogens with zero attached hydrogens (tertiary/aromatic N) is 2. The van der Waals surface area contributed by atoms with E-state index in [1.165, 1.54) is 0 Å². The molecule has 0 aliphatic heterocycles. The first-order valence-corrected chi connectivity index (χ1v) is 6.15. The average Bonchev–Trinajstić information content (AvgIpc) is 2.42.